The van der Waals surface area contributed by atoms with Crippen LogP contribution in [0, 0.1) is 6.92 Å². The van der Waals surface area contributed by atoms with Gasteiger partial charge in [-0.2, -0.15) is 13.2 Å². The van der Waals surface area contributed by atoms with Gasteiger partial charge < -0.3 is 13.9 Å². The zero-order chi connectivity index (χ0) is 26.0. The van der Waals surface area contributed by atoms with E-state index in [1.54, 1.807) is 31.2 Å². The van der Waals surface area contributed by atoms with Crippen LogP contribution in [0.15, 0.2) is 76.0 Å². The van der Waals surface area contributed by atoms with Crippen molar-refractivity contribution in [3.05, 3.63) is 104 Å². The number of rotatable bonds is 5. The van der Waals surface area contributed by atoms with Gasteiger partial charge >= 0.3 is 12.1 Å². The summed E-state index contributed by atoms with van der Waals surface area (Å²) in [5, 5.41) is 0.457. The van der Waals surface area contributed by atoms with Gasteiger partial charge in [-0.1, -0.05) is 47.0 Å². The highest BCUT2D eigenvalue weighted by atomic mass is 35.5. The molecule has 0 saturated carbocycles. The van der Waals surface area contributed by atoms with E-state index in [1.165, 1.54) is 36.4 Å². The van der Waals surface area contributed by atoms with Gasteiger partial charge in [-0.25, -0.2) is 4.79 Å². The maximum absolute atomic E-state index is 13.7. The fraction of sp³-hybridized carbons (Fsp3) is 0.0769. The number of aryl methyl sites for hydroxylation is 1. The molecule has 184 valence electrons. The summed E-state index contributed by atoms with van der Waals surface area (Å²) in [7, 11) is 0. The van der Waals surface area contributed by atoms with Gasteiger partial charge in [0.25, 0.3) is 5.76 Å². The van der Waals surface area contributed by atoms with Crippen molar-refractivity contribution in [1.29, 1.82) is 0 Å². The summed E-state index contributed by atoms with van der Waals surface area (Å²) in [6.07, 6.45) is -2.51. The Hall–Kier alpha value is -3.75. The summed E-state index contributed by atoms with van der Waals surface area (Å²) in [5.74, 6) is -3.51. The molecule has 36 heavy (non-hydrogen) atoms. The topological polar surface area (TPSA) is 65.7 Å². The Balaban J connectivity index is 1.64. The Labute approximate surface area is 212 Å². The van der Waals surface area contributed by atoms with E-state index in [4.69, 9.17) is 37.1 Å². The largest absolute Gasteiger partial charge is 0.453 e. The zero-order valence-electron chi connectivity index (χ0n) is 18.4. The van der Waals surface area contributed by atoms with Gasteiger partial charge in [0, 0.05) is 12.1 Å². The second kappa shape index (κ2) is 10.1. The van der Waals surface area contributed by atoms with Crippen molar-refractivity contribution in [3.8, 4) is 17.2 Å². The molecule has 1 aromatic heterocycles. The smallest absolute Gasteiger partial charge is 0.449 e. The number of esters is 1. The quantitative estimate of drug-likeness (QED) is 0.148. The molecule has 0 aliphatic carbocycles. The van der Waals surface area contributed by atoms with Crippen molar-refractivity contribution in [3.63, 3.8) is 0 Å². The molecular formula is C26H15Cl2F3O5. The summed E-state index contributed by atoms with van der Waals surface area (Å²) in [6, 6.07) is 14.3. The number of ether oxygens (including phenoxy) is 2. The second-order valence-corrected chi connectivity index (χ2v) is 8.40. The lowest BCUT2D eigenvalue weighted by Gasteiger charge is -2.13. The third-order valence-electron chi connectivity index (χ3n) is 4.89. The Morgan fingerprint density at radius 2 is 1.64 bits per heavy atom. The van der Waals surface area contributed by atoms with Crippen LogP contribution in [0.1, 0.15) is 16.9 Å². The van der Waals surface area contributed by atoms with E-state index < -0.39 is 34.7 Å². The molecule has 5 nitrogen and oxygen atoms in total. The standard InChI is InChI=1S/C26H15Cl2F3O5/c1-14-2-6-16(7-3-14)35-24-23(33)18-9-8-17(13-21(18)36-25(24)26(29,30)31)34-22(32)11-5-15-4-10-19(27)20(28)12-15/h2-13H,1H3/b11-5+. The maximum Gasteiger partial charge on any atom is 0.453 e. The van der Waals surface area contributed by atoms with E-state index >= 15 is 0 Å². The van der Waals surface area contributed by atoms with Crippen LogP contribution >= 0.6 is 23.2 Å². The lowest BCUT2D eigenvalue weighted by molar-refractivity contribution is -0.154. The lowest BCUT2D eigenvalue weighted by Crippen LogP contribution is -2.15. The molecule has 3 aromatic carbocycles. The number of alkyl halides is 3. The van der Waals surface area contributed by atoms with Crippen molar-refractivity contribution in [2.24, 2.45) is 0 Å². The number of carbonyl (C=O) groups excluding carboxylic acids is 1. The molecular weight excluding hydrogens is 520 g/mol. The van der Waals surface area contributed by atoms with Gasteiger partial charge in [0.05, 0.1) is 15.4 Å². The summed E-state index contributed by atoms with van der Waals surface area (Å²) in [4.78, 5) is 25.1. The molecule has 0 N–H and O–H groups in total. The highest BCUT2D eigenvalue weighted by Crippen LogP contribution is 2.38. The number of benzene rings is 3. The van der Waals surface area contributed by atoms with Gasteiger partial charge in [0.2, 0.25) is 11.2 Å². The molecule has 0 saturated heterocycles. The minimum atomic E-state index is -5.03. The average Bonchev–Trinajstić information content (AvgIpc) is 2.82. The molecule has 4 rings (SSSR count). The molecule has 0 aliphatic rings. The van der Waals surface area contributed by atoms with Crippen LogP contribution < -0.4 is 14.9 Å². The highest BCUT2D eigenvalue weighted by Gasteiger charge is 2.40. The maximum atomic E-state index is 13.7. The van der Waals surface area contributed by atoms with Gasteiger partial charge in [0.1, 0.15) is 17.1 Å². The lowest BCUT2D eigenvalue weighted by atomic mass is 10.2. The first-order chi connectivity index (χ1) is 17.0. The molecule has 1 heterocycles. The summed E-state index contributed by atoms with van der Waals surface area (Å²) >= 11 is 11.8. The second-order valence-electron chi connectivity index (χ2n) is 7.59. The predicted octanol–water partition coefficient (Wildman–Crippen LogP) is 7.84. The van der Waals surface area contributed by atoms with E-state index in [2.05, 4.69) is 0 Å². The van der Waals surface area contributed by atoms with Crippen LogP contribution in [0.25, 0.3) is 17.0 Å². The van der Waals surface area contributed by atoms with E-state index in [-0.39, 0.29) is 16.9 Å². The number of fused-ring (bicyclic) bond motifs is 1. The predicted molar refractivity (Wildman–Crippen MR) is 130 cm³/mol. The molecule has 0 amide bonds. The SMILES string of the molecule is Cc1ccc(Oc2c(C(F)(F)F)oc3cc(OC(=O)/C=C/c4ccc(Cl)c(Cl)c4)ccc3c2=O)cc1. The minimum absolute atomic E-state index is 0.0389. The van der Waals surface area contributed by atoms with E-state index in [0.29, 0.717) is 15.6 Å². The Morgan fingerprint density at radius 3 is 2.31 bits per heavy atom. The van der Waals surface area contributed by atoms with Crippen molar-refractivity contribution < 1.29 is 31.9 Å². The van der Waals surface area contributed by atoms with Crippen LogP contribution in [-0.4, -0.2) is 5.97 Å². The van der Waals surface area contributed by atoms with Gasteiger partial charge in [-0.05, 0) is 55.0 Å². The Bertz CT molecular complexity index is 1540. The van der Waals surface area contributed by atoms with Gasteiger partial charge in [0.15, 0.2) is 0 Å². The van der Waals surface area contributed by atoms with E-state index in [9.17, 15) is 22.8 Å². The number of hydrogen-bond donors (Lipinski definition) is 0. The molecule has 0 spiro atoms. The average molecular weight is 535 g/mol. The Kier molecular flexibility index (Phi) is 7.10. The molecule has 0 unspecified atom stereocenters. The third-order valence-corrected chi connectivity index (χ3v) is 5.63. The van der Waals surface area contributed by atoms with Gasteiger partial charge in [-0.3, -0.25) is 4.79 Å². The third kappa shape index (κ3) is 5.72. The Morgan fingerprint density at radius 1 is 0.944 bits per heavy atom. The van der Waals surface area contributed by atoms with Gasteiger partial charge in [-0.15, -0.1) is 0 Å². The monoisotopic (exact) mass is 534 g/mol. The van der Waals surface area contributed by atoms with Crippen molar-refractivity contribution in [2.75, 3.05) is 0 Å². The van der Waals surface area contributed by atoms with Crippen molar-refractivity contribution in [1.82, 2.24) is 0 Å². The first-order valence-electron chi connectivity index (χ1n) is 10.3. The van der Waals surface area contributed by atoms with Crippen LogP contribution in [0.3, 0.4) is 0 Å². The summed E-state index contributed by atoms with van der Waals surface area (Å²) in [5.41, 5.74) is -0.0245. The number of halogens is 5. The zero-order valence-corrected chi connectivity index (χ0v) is 19.9. The van der Waals surface area contributed by atoms with E-state index in [1.807, 2.05) is 0 Å². The fourth-order valence-corrected chi connectivity index (χ4v) is 3.46. The highest BCUT2D eigenvalue weighted by molar-refractivity contribution is 6.42. The van der Waals surface area contributed by atoms with Crippen molar-refractivity contribution in [2.45, 2.75) is 13.1 Å². The molecule has 10 heteroatoms. The fourth-order valence-electron chi connectivity index (χ4n) is 3.15. The number of carbonyl (C=O) groups is 1. The summed E-state index contributed by atoms with van der Waals surface area (Å²) in [6.45, 7) is 1.79. The molecule has 4 aromatic rings. The normalized spacial score (nSPS) is 11.7. The first-order valence-corrected chi connectivity index (χ1v) is 11.0. The van der Waals surface area contributed by atoms with E-state index in [0.717, 1.165) is 17.7 Å². The van der Waals surface area contributed by atoms with Crippen LogP contribution in [0.4, 0.5) is 13.2 Å². The minimum Gasteiger partial charge on any atom is -0.449 e. The molecule has 0 atom stereocenters. The molecule has 0 bridgehead atoms. The van der Waals surface area contributed by atoms with Crippen LogP contribution in [0.2, 0.25) is 10.0 Å². The first kappa shape index (κ1) is 25.3. The van der Waals surface area contributed by atoms with Crippen molar-refractivity contribution >= 4 is 46.2 Å². The summed E-state index contributed by atoms with van der Waals surface area (Å²) < 4.78 is 56.6. The molecule has 0 aliphatic heterocycles. The van der Waals surface area contributed by atoms with Crippen LogP contribution in [0.5, 0.6) is 17.2 Å². The van der Waals surface area contributed by atoms with Crippen LogP contribution in [-0.2, 0) is 11.0 Å². The number of hydrogen-bond acceptors (Lipinski definition) is 5. The molecule has 0 radical (unpaired) electrons. The molecule has 0 fully saturated rings.